The molecule has 1 nitrogen and oxygen atoms in total. The Hall–Kier alpha value is 0.220. The van der Waals surface area contributed by atoms with Gasteiger partial charge in [0.2, 0.25) is 0 Å². The Morgan fingerprint density at radius 2 is 2.67 bits per heavy atom. The van der Waals surface area contributed by atoms with Gasteiger partial charge < -0.3 is 0 Å². The molecule has 0 saturated carbocycles. The molecule has 0 aromatic rings. The van der Waals surface area contributed by atoms with E-state index in [0.717, 1.165) is 11.1 Å². The van der Waals surface area contributed by atoms with Crippen molar-refractivity contribution in [2.24, 2.45) is 0 Å². The van der Waals surface area contributed by atoms with Crippen LogP contribution in [0.15, 0.2) is 0 Å². The van der Waals surface area contributed by atoms with Gasteiger partial charge in [-0.1, -0.05) is 17.6 Å². The van der Waals surface area contributed by atoms with Crippen LogP contribution in [0.1, 0.15) is 0 Å². The predicted octanol–water partition coefficient (Wildman–Crippen LogP) is 1.13. The molecule has 0 rings (SSSR count). The Kier molecular flexibility index (Phi) is 5.41. The lowest BCUT2D eigenvalue weighted by atomic mass is 10.8. The Labute approximate surface area is 46.5 Å². The van der Waals surface area contributed by atoms with Crippen molar-refractivity contribution in [2.75, 3.05) is 6.61 Å². The molecule has 0 aliphatic carbocycles. The minimum Gasteiger partial charge on any atom is -0.292 e. The lowest BCUT2D eigenvalue weighted by molar-refractivity contribution is 0.445. The van der Waals surface area contributed by atoms with Gasteiger partial charge in [0.15, 0.2) is 0 Å². The van der Waals surface area contributed by atoms with Crippen LogP contribution in [0.2, 0.25) is 0 Å². The molecule has 34 valence electrons. The maximum Gasteiger partial charge on any atom is 0.123 e. The second kappa shape index (κ2) is 5.22. The van der Waals surface area contributed by atoms with E-state index in [1.54, 1.807) is 0 Å². The van der Waals surface area contributed by atoms with Crippen molar-refractivity contribution < 1.29 is 4.18 Å². The monoisotopic (exact) mass is 120 g/mol. The van der Waals surface area contributed by atoms with Crippen LogP contribution in [0, 0.1) is 12.3 Å². The zero-order chi connectivity index (χ0) is 4.83. The van der Waals surface area contributed by atoms with E-state index in [0.29, 0.717) is 6.61 Å². The van der Waals surface area contributed by atoms with E-state index in [-0.39, 0.29) is 0 Å². The van der Waals surface area contributed by atoms with Crippen molar-refractivity contribution in [3.63, 3.8) is 0 Å². The summed E-state index contributed by atoms with van der Waals surface area (Å²) >= 11 is 4.63. The molecule has 0 aliphatic rings. The summed E-state index contributed by atoms with van der Waals surface area (Å²) in [6, 6.07) is 0. The highest BCUT2D eigenvalue weighted by Gasteiger charge is 1.70. The molecule has 0 aromatic heterocycles. The molecular formula is C3H4OS2. The van der Waals surface area contributed by atoms with Crippen molar-refractivity contribution in [3.8, 4) is 12.3 Å². The second-order valence-corrected chi connectivity index (χ2v) is 1.37. The summed E-state index contributed by atoms with van der Waals surface area (Å²) < 4.78 is 4.53. The van der Waals surface area contributed by atoms with E-state index in [2.05, 4.69) is 21.8 Å². The fraction of sp³-hybridized carbons (Fsp3) is 0.333. The first kappa shape index (κ1) is 6.22. The van der Waals surface area contributed by atoms with Crippen molar-refractivity contribution in [1.29, 1.82) is 0 Å². The summed E-state index contributed by atoms with van der Waals surface area (Å²) in [5, 5.41) is 0. The number of hydrogen-bond donors (Lipinski definition) is 1. The van der Waals surface area contributed by atoms with Crippen LogP contribution >= 0.6 is 22.7 Å². The molecule has 0 bridgehead atoms. The summed E-state index contributed by atoms with van der Waals surface area (Å²) in [6.07, 6.45) is 4.79. The molecule has 0 amide bonds. The summed E-state index contributed by atoms with van der Waals surface area (Å²) in [5.41, 5.74) is 0. The SMILES string of the molecule is C#CCOSS. The highest BCUT2D eigenvalue weighted by atomic mass is 33.1. The van der Waals surface area contributed by atoms with Gasteiger partial charge in [0.1, 0.15) is 6.61 Å². The summed E-state index contributed by atoms with van der Waals surface area (Å²) in [4.78, 5) is 0. The van der Waals surface area contributed by atoms with Crippen molar-refractivity contribution in [2.45, 2.75) is 0 Å². The second-order valence-electron chi connectivity index (χ2n) is 0.541. The minimum absolute atomic E-state index is 0.328. The molecule has 6 heavy (non-hydrogen) atoms. The van der Waals surface area contributed by atoms with E-state index in [9.17, 15) is 0 Å². The first-order valence-corrected chi connectivity index (χ1v) is 3.07. The molecule has 3 heteroatoms. The van der Waals surface area contributed by atoms with Gasteiger partial charge in [-0.3, -0.25) is 4.18 Å². The Morgan fingerprint density at radius 1 is 2.00 bits per heavy atom. The average Bonchev–Trinajstić information content (AvgIpc) is 1.61. The van der Waals surface area contributed by atoms with Crippen molar-refractivity contribution in [3.05, 3.63) is 0 Å². The van der Waals surface area contributed by atoms with Crippen LogP contribution in [0.25, 0.3) is 0 Å². The highest BCUT2D eigenvalue weighted by Crippen LogP contribution is 2.03. The van der Waals surface area contributed by atoms with Crippen LogP contribution in [-0.2, 0) is 4.18 Å². The molecule has 0 N–H and O–H groups in total. The molecule has 0 atom stereocenters. The molecule has 0 aromatic carbocycles. The Bertz CT molecular complexity index is 56.3. The molecule has 0 unspecified atom stereocenters. The van der Waals surface area contributed by atoms with Gasteiger partial charge in [0.25, 0.3) is 0 Å². The van der Waals surface area contributed by atoms with Crippen LogP contribution in [-0.4, -0.2) is 6.61 Å². The minimum atomic E-state index is 0.328. The molecule has 0 aliphatic heterocycles. The molecule has 0 heterocycles. The third kappa shape index (κ3) is 4.22. The van der Waals surface area contributed by atoms with Gasteiger partial charge in [-0.2, -0.15) is 0 Å². The lowest BCUT2D eigenvalue weighted by Gasteiger charge is -1.82. The van der Waals surface area contributed by atoms with E-state index >= 15 is 0 Å². The maximum atomic E-state index is 4.79. The van der Waals surface area contributed by atoms with Gasteiger partial charge in [-0.25, -0.2) is 0 Å². The standard InChI is InChI=1S/C3H4OS2/c1-2-3-4-6-5/h1,5H,3H2. The number of hydrogen-bond acceptors (Lipinski definition) is 3. The molecule has 0 saturated heterocycles. The van der Waals surface area contributed by atoms with Gasteiger partial charge >= 0.3 is 0 Å². The number of rotatable bonds is 2. The largest absolute Gasteiger partial charge is 0.292 e. The predicted molar refractivity (Wildman–Crippen MR) is 31.4 cm³/mol. The topological polar surface area (TPSA) is 9.23 Å². The molecule has 0 fully saturated rings. The first-order valence-electron chi connectivity index (χ1n) is 1.28. The van der Waals surface area contributed by atoms with Gasteiger partial charge in [0.05, 0.1) is 11.1 Å². The third-order valence-corrected chi connectivity index (χ3v) is 0.734. The zero-order valence-corrected chi connectivity index (χ0v) is 4.76. The maximum absolute atomic E-state index is 4.79. The van der Waals surface area contributed by atoms with Crippen LogP contribution < -0.4 is 0 Å². The zero-order valence-electron chi connectivity index (χ0n) is 3.05. The Morgan fingerprint density at radius 3 is 2.83 bits per heavy atom. The van der Waals surface area contributed by atoms with E-state index in [1.165, 1.54) is 0 Å². The summed E-state index contributed by atoms with van der Waals surface area (Å²) in [5.74, 6) is 2.28. The average molecular weight is 120 g/mol. The van der Waals surface area contributed by atoms with Gasteiger partial charge in [0, 0.05) is 0 Å². The molecule has 0 spiro atoms. The summed E-state index contributed by atoms with van der Waals surface area (Å²) in [6.45, 7) is 0.328. The van der Waals surface area contributed by atoms with E-state index in [4.69, 9.17) is 6.42 Å². The number of terminal acetylenes is 1. The molecular weight excluding hydrogens is 116 g/mol. The normalized spacial score (nSPS) is 7.33. The van der Waals surface area contributed by atoms with Crippen LogP contribution in [0.3, 0.4) is 0 Å². The highest BCUT2D eigenvalue weighted by molar-refractivity contribution is 8.66. The van der Waals surface area contributed by atoms with Crippen molar-refractivity contribution in [1.82, 2.24) is 0 Å². The lowest BCUT2D eigenvalue weighted by Crippen LogP contribution is -1.73. The molecule has 0 radical (unpaired) electrons. The van der Waals surface area contributed by atoms with E-state index < -0.39 is 0 Å². The Balaban J connectivity index is 2.54. The van der Waals surface area contributed by atoms with Crippen LogP contribution in [0.4, 0.5) is 0 Å². The summed E-state index contributed by atoms with van der Waals surface area (Å²) in [7, 11) is 0. The van der Waals surface area contributed by atoms with Gasteiger partial charge in [-0.15, -0.1) is 6.42 Å². The fourth-order valence-corrected chi connectivity index (χ4v) is 0.339. The third-order valence-electron chi connectivity index (χ3n) is 0.195. The van der Waals surface area contributed by atoms with Crippen LogP contribution in [0.5, 0.6) is 0 Å². The van der Waals surface area contributed by atoms with E-state index in [1.807, 2.05) is 0 Å². The smallest absolute Gasteiger partial charge is 0.123 e. The number of thiol groups is 1. The van der Waals surface area contributed by atoms with Gasteiger partial charge in [-0.05, 0) is 0 Å². The fourth-order valence-electron chi connectivity index (χ4n) is 0.0604. The quantitative estimate of drug-likeness (QED) is 0.192. The first-order chi connectivity index (χ1) is 2.91. The van der Waals surface area contributed by atoms with Crippen molar-refractivity contribution >= 4 is 22.7 Å².